The van der Waals surface area contributed by atoms with Crippen LogP contribution in [0.2, 0.25) is 0 Å². The summed E-state index contributed by atoms with van der Waals surface area (Å²) in [4.78, 5) is 31.0. The number of aromatic nitrogens is 3. The Balaban J connectivity index is 1.76. The summed E-state index contributed by atoms with van der Waals surface area (Å²) in [5, 5.41) is 9.97. The van der Waals surface area contributed by atoms with Crippen molar-refractivity contribution in [2.45, 2.75) is 25.9 Å². The van der Waals surface area contributed by atoms with E-state index in [2.05, 4.69) is 10.4 Å². The third kappa shape index (κ3) is 4.34. The van der Waals surface area contributed by atoms with Crippen LogP contribution in [-0.4, -0.2) is 33.8 Å². The van der Waals surface area contributed by atoms with E-state index in [9.17, 15) is 9.59 Å². The number of benzene rings is 1. The maximum absolute atomic E-state index is 13.4. The maximum Gasteiger partial charge on any atom is 0.307 e. The summed E-state index contributed by atoms with van der Waals surface area (Å²) in [7, 11) is 1.34. The highest BCUT2D eigenvalue weighted by Gasteiger charge is 2.23. The predicted octanol–water partition coefficient (Wildman–Crippen LogP) is 4.21. The van der Waals surface area contributed by atoms with E-state index in [4.69, 9.17) is 9.72 Å². The fourth-order valence-electron chi connectivity index (χ4n) is 3.42. The predicted molar refractivity (Wildman–Crippen MR) is 120 cm³/mol. The molecule has 0 radical (unpaired) electrons. The number of hydrogen-bond donors (Lipinski definition) is 1. The average Bonchev–Trinajstić information content (AvgIpc) is 3.48. The molecule has 4 aromatic rings. The SMILES string of the molecule is CCn1ncc2c(C(=O)NC(CC(=O)OC)c3cccs3)cc(-c3ccccc3)nc21. The van der Waals surface area contributed by atoms with E-state index in [0.717, 1.165) is 10.4 Å². The molecular weight excluding hydrogens is 412 g/mol. The van der Waals surface area contributed by atoms with Gasteiger partial charge in [0.1, 0.15) is 0 Å². The molecule has 7 nitrogen and oxygen atoms in total. The van der Waals surface area contributed by atoms with Gasteiger partial charge in [0.2, 0.25) is 0 Å². The van der Waals surface area contributed by atoms with E-state index < -0.39 is 6.04 Å². The molecule has 3 aromatic heterocycles. The fraction of sp³-hybridized carbons (Fsp3) is 0.217. The van der Waals surface area contributed by atoms with Gasteiger partial charge in [-0.3, -0.25) is 9.59 Å². The van der Waals surface area contributed by atoms with Crippen LogP contribution in [0.15, 0.2) is 60.1 Å². The Hall–Kier alpha value is -3.52. The molecule has 3 heterocycles. The number of esters is 1. The number of carbonyl (C=O) groups excluding carboxylic acids is 2. The third-order valence-electron chi connectivity index (χ3n) is 5.01. The van der Waals surface area contributed by atoms with Gasteiger partial charge in [0.25, 0.3) is 5.91 Å². The summed E-state index contributed by atoms with van der Waals surface area (Å²) in [6.45, 7) is 2.61. The topological polar surface area (TPSA) is 86.1 Å². The number of thiophene rings is 1. The minimum absolute atomic E-state index is 0.0523. The van der Waals surface area contributed by atoms with Gasteiger partial charge in [0, 0.05) is 17.0 Å². The zero-order valence-electron chi connectivity index (χ0n) is 17.2. The molecule has 1 aromatic carbocycles. The van der Waals surface area contributed by atoms with Gasteiger partial charge >= 0.3 is 5.97 Å². The normalized spacial score (nSPS) is 11.9. The molecule has 1 atom stereocenters. The van der Waals surface area contributed by atoms with E-state index in [1.165, 1.54) is 18.4 Å². The molecule has 31 heavy (non-hydrogen) atoms. The number of aryl methyl sites for hydroxylation is 1. The number of nitrogens with zero attached hydrogens (tertiary/aromatic N) is 3. The summed E-state index contributed by atoms with van der Waals surface area (Å²) in [5.74, 6) is -0.676. The highest BCUT2D eigenvalue weighted by molar-refractivity contribution is 7.10. The Morgan fingerprint density at radius 3 is 2.68 bits per heavy atom. The number of fused-ring (bicyclic) bond motifs is 1. The smallest absolute Gasteiger partial charge is 0.307 e. The van der Waals surface area contributed by atoms with Crippen LogP contribution < -0.4 is 5.32 Å². The molecule has 0 fully saturated rings. The highest BCUT2D eigenvalue weighted by Crippen LogP contribution is 2.27. The van der Waals surface area contributed by atoms with Crippen molar-refractivity contribution in [2.24, 2.45) is 0 Å². The number of ether oxygens (including phenoxy) is 1. The van der Waals surface area contributed by atoms with Crippen molar-refractivity contribution in [3.63, 3.8) is 0 Å². The van der Waals surface area contributed by atoms with E-state index in [-0.39, 0.29) is 18.3 Å². The minimum atomic E-state index is -0.482. The van der Waals surface area contributed by atoms with Crippen LogP contribution in [0.25, 0.3) is 22.3 Å². The number of hydrogen-bond acceptors (Lipinski definition) is 6. The Kier molecular flexibility index (Phi) is 6.08. The Labute approximate surface area is 183 Å². The van der Waals surface area contributed by atoms with Gasteiger partial charge in [0.05, 0.1) is 42.4 Å². The number of rotatable bonds is 7. The van der Waals surface area contributed by atoms with Crippen molar-refractivity contribution >= 4 is 34.2 Å². The molecule has 0 saturated heterocycles. The molecule has 1 unspecified atom stereocenters. The van der Waals surface area contributed by atoms with Gasteiger partial charge in [-0.1, -0.05) is 36.4 Å². The second-order valence-corrected chi connectivity index (χ2v) is 7.92. The van der Waals surface area contributed by atoms with Gasteiger partial charge in [-0.15, -0.1) is 11.3 Å². The van der Waals surface area contributed by atoms with Crippen LogP contribution in [0.4, 0.5) is 0 Å². The van der Waals surface area contributed by atoms with Gasteiger partial charge in [-0.2, -0.15) is 5.10 Å². The molecule has 1 N–H and O–H groups in total. The second-order valence-electron chi connectivity index (χ2n) is 6.94. The molecule has 1 amide bonds. The van der Waals surface area contributed by atoms with E-state index >= 15 is 0 Å². The largest absolute Gasteiger partial charge is 0.469 e. The minimum Gasteiger partial charge on any atom is -0.469 e. The lowest BCUT2D eigenvalue weighted by Crippen LogP contribution is -2.30. The van der Waals surface area contributed by atoms with Gasteiger partial charge in [-0.05, 0) is 24.4 Å². The van der Waals surface area contributed by atoms with Crippen LogP contribution in [0.3, 0.4) is 0 Å². The fourth-order valence-corrected chi connectivity index (χ4v) is 4.20. The van der Waals surface area contributed by atoms with Crippen LogP contribution in [-0.2, 0) is 16.1 Å². The van der Waals surface area contributed by atoms with Gasteiger partial charge < -0.3 is 10.1 Å². The van der Waals surface area contributed by atoms with Crippen LogP contribution in [0.1, 0.15) is 34.6 Å². The monoisotopic (exact) mass is 434 g/mol. The summed E-state index contributed by atoms with van der Waals surface area (Å²) in [6.07, 6.45) is 1.71. The first-order valence-corrected chi connectivity index (χ1v) is 10.8. The zero-order valence-corrected chi connectivity index (χ0v) is 18.1. The number of amides is 1. The summed E-state index contributed by atoms with van der Waals surface area (Å²) in [5.41, 5.74) is 2.71. The average molecular weight is 435 g/mol. The quantitative estimate of drug-likeness (QED) is 0.440. The standard InChI is InChI=1S/C23H22N4O3S/c1-3-27-22-17(14-24-27)16(12-18(25-22)15-8-5-4-6-9-15)23(29)26-19(13-21(28)30-2)20-10-7-11-31-20/h4-12,14,19H,3,13H2,1-2H3,(H,26,29). The van der Waals surface area contributed by atoms with Crippen LogP contribution in [0.5, 0.6) is 0 Å². The molecule has 0 spiro atoms. The van der Waals surface area contributed by atoms with Crippen LogP contribution >= 0.6 is 11.3 Å². The number of methoxy groups -OCH3 is 1. The first-order valence-electron chi connectivity index (χ1n) is 9.93. The molecule has 8 heteroatoms. The Morgan fingerprint density at radius 2 is 2.00 bits per heavy atom. The lowest BCUT2D eigenvalue weighted by molar-refractivity contribution is -0.141. The van der Waals surface area contributed by atoms with Crippen molar-refractivity contribution in [3.05, 3.63) is 70.5 Å². The molecular formula is C23H22N4O3S. The lowest BCUT2D eigenvalue weighted by Gasteiger charge is -2.17. The molecule has 0 bridgehead atoms. The summed E-state index contributed by atoms with van der Waals surface area (Å²) < 4.78 is 6.59. The Bertz CT molecular complexity index is 1200. The molecule has 0 aliphatic carbocycles. The number of nitrogens with one attached hydrogen (secondary N) is 1. The Morgan fingerprint density at radius 1 is 1.19 bits per heavy atom. The van der Waals surface area contributed by atoms with Crippen molar-refractivity contribution in [1.82, 2.24) is 20.1 Å². The molecule has 0 aliphatic rings. The highest BCUT2D eigenvalue weighted by atomic mass is 32.1. The zero-order chi connectivity index (χ0) is 21.8. The molecule has 0 aliphatic heterocycles. The maximum atomic E-state index is 13.4. The van der Waals surface area contributed by atoms with E-state index in [1.54, 1.807) is 16.9 Å². The molecule has 4 rings (SSSR count). The van der Waals surface area contributed by atoms with Crippen molar-refractivity contribution in [2.75, 3.05) is 7.11 Å². The number of pyridine rings is 1. The first kappa shape index (κ1) is 20.7. The summed E-state index contributed by atoms with van der Waals surface area (Å²) in [6, 6.07) is 14.8. The summed E-state index contributed by atoms with van der Waals surface area (Å²) >= 11 is 1.48. The molecule has 0 saturated carbocycles. The van der Waals surface area contributed by atoms with Crippen LogP contribution in [0, 0.1) is 0 Å². The number of carbonyl (C=O) groups is 2. The van der Waals surface area contributed by atoms with Gasteiger partial charge in [-0.25, -0.2) is 9.67 Å². The lowest BCUT2D eigenvalue weighted by atomic mass is 10.1. The second kappa shape index (κ2) is 9.09. The molecule has 158 valence electrons. The van der Waals surface area contributed by atoms with E-state index in [1.807, 2.05) is 54.8 Å². The third-order valence-corrected chi connectivity index (χ3v) is 6.00. The van der Waals surface area contributed by atoms with Crippen molar-refractivity contribution in [3.8, 4) is 11.3 Å². The van der Waals surface area contributed by atoms with Crippen molar-refractivity contribution < 1.29 is 14.3 Å². The van der Waals surface area contributed by atoms with Gasteiger partial charge in [0.15, 0.2) is 5.65 Å². The first-order chi connectivity index (χ1) is 15.1. The van der Waals surface area contributed by atoms with Crippen molar-refractivity contribution in [1.29, 1.82) is 0 Å². The van der Waals surface area contributed by atoms with E-state index in [0.29, 0.717) is 28.8 Å².